The molecule has 3 aromatic carbocycles. The Morgan fingerprint density at radius 3 is 2.11 bits per heavy atom. The smallest absolute Gasteiger partial charge is 0.312 e. The van der Waals surface area contributed by atoms with Gasteiger partial charge in [0.05, 0.1) is 83.3 Å². The van der Waals surface area contributed by atoms with E-state index >= 15 is 8.78 Å². The summed E-state index contributed by atoms with van der Waals surface area (Å²) in [4.78, 5) is 117. The van der Waals surface area contributed by atoms with Crippen LogP contribution in [-0.4, -0.2) is 172 Å². The number of carbonyl (C=O) groups is 9. The molecular weight excluding hydrogens is 1330 g/mol. The summed E-state index contributed by atoms with van der Waals surface area (Å²) in [5.74, 6) is 1.05. The molecule has 23 nitrogen and oxygen atoms in total. The van der Waals surface area contributed by atoms with E-state index < -0.39 is 107 Å². The minimum atomic E-state index is -2.34. The zero-order valence-electron chi connectivity index (χ0n) is 60.4. The lowest BCUT2D eigenvalue weighted by molar-refractivity contribution is -0.234. The minimum Gasteiger partial charge on any atom is -0.390 e. The van der Waals surface area contributed by atoms with E-state index in [-0.39, 0.29) is 101 Å². The number of allylic oxidation sites excluding steroid dienone is 4. The van der Waals surface area contributed by atoms with Gasteiger partial charge < -0.3 is 70.7 Å². The molecule has 1 saturated heterocycles. The first-order valence-corrected chi connectivity index (χ1v) is 36.2. The van der Waals surface area contributed by atoms with Gasteiger partial charge in [0.2, 0.25) is 29.5 Å². The molecule has 6 aliphatic rings. The van der Waals surface area contributed by atoms with Crippen LogP contribution in [-0.2, 0) is 79.7 Å². The zero-order valence-corrected chi connectivity index (χ0v) is 60.4. The molecule has 0 aromatic heterocycles. The van der Waals surface area contributed by atoms with Crippen LogP contribution >= 0.6 is 0 Å². The highest BCUT2D eigenvalue weighted by Crippen LogP contribution is 2.72. The highest BCUT2D eigenvalue weighted by atomic mass is 19.1. The summed E-state index contributed by atoms with van der Waals surface area (Å²) in [6, 6.07) is 20.8. The maximum Gasteiger partial charge on any atom is 0.312 e. The van der Waals surface area contributed by atoms with Gasteiger partial charge in [-0.15, -0.1) is 0 Å². The summed E-state index contributed by atoms with van der Waals surface area (Å²) in [6.07, 6.45) is 1.78. The number of fused-ring (bicyclic) bond motifs is 9. The number of amides is 7. The molecule has 9 rings (SSSR count). The van der Waals surface area contributed by atoms with E-state index in [0.29, 0.717) is 84.3 Å². The van der Waals surface area contributed by atoms with E-state index in [1.807, 2.05) is 55.5 Å². The number of hydrogen-bond donors (Lipinski definition) is 7. The van der Waals surface area contributed by atoms with Gasteiger partial charge in [0.15, 0.2) is 34.9 Å². The molecule has 1 unspecified atom stereocenters. The monoisotopic (exact) mass is 1430 g/mol. The number of nitrogens with one attached hydrogen (secondary N) is 5. The first-order chi connectivity index (χ1) is 49.3. The first kappa shape index (κ1) is 80.6. The number of carbonyl (C=O) groups excluding carboxylic acids is 9. The van der Waals surface area contributed by atoms with Crippen molar-refractivity contribution >= 4 is 64.3 Å². The number of nitrogens with two attached hydrogens (primary N) is 1. The number of hydrogen-bond acceptors (Lipinski definition) is 16. The predicted octanol–water partition coefficient (Wildman–Crippen LogP) is 8.19. The fourth-order valence-corrected chi connectivity index (χ4v) is 15.5. The second kappa shape index (κ2) is 37.6. The quantitative estimate of drug-likeness (QED) is 0.0213. The number of para-hydroxylation sites is 1. The van der Waals surface area contributed by atoms with Crippen LogP contribution in [0.25, 0.3) is 0 Å². The number of halogens is 2. The number of Topliss-reactive ketones (excluding diaryl/α,β-unsaturated/α-hetero) is 2. The molecule has 103 heavy (non-hydrogen) atoms. The maximum atomic E-state index is 17.8. The van der Waals surface area contributed by atoms with Crippen LogP contribution in [0, 0.1) is 46.3 Å². The number of rotatable bonds is 36. The van der Waals surface area contributed by atoms with Crippen molar-refractivity contribution in [1.29, 1.82) is 0 Å². The number of benzene rings is 3. The second-order valence-electron chi connectivity index (χ2n) is 28.1. The van der Waals surface area contributed by atoms with Crippen molar-refractivity contribution in [2.24, 2.45) is 40.2 Å². The van der Waals surface area contributed by atoms with Crippen molar-refractivity contribution in [3.8, 4) is 11.8 Å². The maximum absolute atomic E-state index is 17.8. The Morgan fingerprint density at radius 1 is 0.786 bits per heavy atom. The number of anilines is 2. The average Bonchev–Trinajstić information content (AvgIpc) is 1.43. The van der Waals surface area contributed by atoms with Gasteiger partial charge in [-0.05, 0) is 129 Å². The zero-order chi connectivity index (χ0) is 74.5. The van der Waals surface area contributed by atoms with Gasteiger partial charge in [-0.3, -0.25) is 38.4 Å². The molecule has 7 amide bonds. The van der Waals surface area contributed by atoms with Gasteiger partial charge in [-0.2, -0.15) is 0 Å². The number of ketones is 3. The van der Waals surface area contributed by atoms with Crippen LogP contribution in [0.3, 0.4) is 0 Å². The second-order valence-corrected chi connectivity index (χ2v) is 28.1. The topological polar surface area (TPSA) is 319 Å². The van der Waals surface area contributed by atoms with Gasteiger partial charge in [0.25, 0.3) is 0 Å². The van der Waals surface area contributed by atoms with E-state index in [2.05, 4.69) is 45.3 Å². The van der Waals surface area contributed by atoms with Crippen LogP contribution in [0.5, 0.6) is 0 Å². The Balaban J connectivity index is 0.000000330. The molecule has 2 aliphatic heterocycles. The van der Waals surface area contributed by atoms with Crippen molar-refractivity contribution < 1.29 is 86.9 Å². The lowest BCUT2D eigenvalue weighted by atomic mass is 9.44. The van der Waals surface area contributed by atoms with E-state index in [1.54, 1.807) is 49.9 Å². The van der Waals surface area contributed by atoms with Crippen molar-refractivity contribution in [2.45, 2.75) is 180 Å². The molecule has 8 N–H and O–H groups in total. The number of aliphatic hydroxyl groups is 1. The van der Waals surface area contributed by atoms with Gasteiger partial charge in [0, 0.05) is 93.2 Å². The summed E-state index contributed by atoms with van der Waals surface area (Å²) < 4.78 is 68.5. The molecule has 3 aromatic rings. The van der Waals surface area contributed by atoms with Gasteiger partial charge >= 0.3 is 6.03 Å². The Morgan fingerprint density at radius 2 is 1.44 bits per heavy atom. The van der Waals surface area contributed by atoms with Crippen molar-refractivity contribution in [2.75, 3.05) is 82.7 Å². The highest BCUT2D eigenvalue weighted by molar-refractivity contribution is 6.02. The third kappa shape index (κ3) is 19.9. The molecule has 4 aliphatic carbocycles. The Bertz CT molecular complexity index is 3630. The Labute approximate surface area is 604 Å². The summed E-state index contributed by atoms with van der Waals surface area (Å²) in [6.45, 7) is 17.1. The third-order valence-corrected chi connectivity index (χ3v) is 20.7. The lowest BCUT2D eigenvalue weighted by Gasteiger charge is -2.63. The van der Waals surface area contributed by atoms with Crippen LogP contribution in [0.4, 0.5) is 25.0 Å². The van der Waals surface area contributed by atoms with Gasteiger partial charge in [0.1, 0.15) is 6.17 Å². The number of alkyl halides is 2. The molecule has 12 atom stereocenters. The molecule has 0 radical (unpaired) electrons. The number of urea groups is 1. The van der Waals surface area contributed by atoms with E-state index in [0.717, 1.165) is 47.0 Å². The lowest BCUT2D eigenvalue weighted by Crippen LogP contribution is -2.71. The summed E-state index contributed by atoms with van der Waals surface area (Å²) in [5.41, 5.74) is 3.08. The molecule has 3 saturated carbocycles. The fraction of sp³-hybridized carbons (Fsp3) is 0.577. The molecule has 4 fully saturated rings. The van der Waals surface area contributed by atoms with Crippen molar-refractivity contribution in [1.82, 2.24) is 21.3 Å². The predicted molar refractivity (Wildman–Crippen MR) is 383 cm³/mol. The van der Waals surface area contributed by atoms with Crippen molar-refractivity contribution in [3.05, 3.63) is 119 Å². The summed E-state index contributed by atoms with van der Waals surface area (Å²) in [7, 11) is 0. The average molecular weight is 1430 g/mol. The van der Waals surface area contributed by atoms with Crippen LogP contribution in [0.15, 0.2) is 96.6 Å². The molecule has 25 heteroatoms. The standard InChI is InChI=1S/C48H65F2N5O10.C30H38N2O6.H2/c1-7-9-41-64-39-23-32-33-22-35(49)34-21-31(57)17-18-45(34,5)47(33,50)37(59)24-46(32,6)48(39,65-41)38(60)25-53-40(61)16-13-28-11-14-30(15-12-28)55-43(62)29(10-8-19-52-44(51)63)20-36(58)42(26(2)3)54-27(4)56;1-2-16-35-18-20-37-22-23-38-21-19-36-17-15-31-29(33)13-14-30(34)32-24-27-9-4-3-7-25(27)11-12-26-8-5-6-10-28(26)32;/h11-12,14-15,17-18,21,26,29,32-33,35,37,39,41-42,59H,7-10,13,16,19-20,22-25H2,1-6H3,(H,53,61)(H,54,56)(H,55,62)(H3,51,52,63);3-10H,2,13-24H2,1H3,(H,31,33);1H/t29-,32+,33+,35+,37+,39-,41?,42+,45+,46+,47+,48-;;/m1../s1. The Hall–Kier alpha value is -8.09. The van der Waals surface area contributed by atoms with Crippen molar-refractivity contribution in [3.63, 3.8) is 0 Å². The number of ether oxygens (including phenoxy) is 6. The number of nitrogens with zero attached hydrogens (tertiary/aromatic N) is 1. The van der Waals surface area contributed by atoms with E-state index in [9.17, 15) is 48.3 Å². The highest BCUT2D eigenvalue weighted by Gasteiger charge is 2.80. The molecule has 2 heterocycles. The number of aliphatic hydroxyl groups excluding tert-OH is 1. The first-order valence-electron chi connectivity index (χ1n) is 36.2. The SMILES string of the molecule is CCCC1O[C@@H]2C[C@H]3[C@@H]4C[C@H](F)C5=CC(=O)C=C[C@]5(C)[C@@]4(F)[C@@H](O)C[C@]3(C)[C@]2(C(=O)CNC(=O)CCc2ccc(NC(=O)[C@H](CCCNC(N)=O)CC(=O)[C@@H](NC(C)=O)C(C)C)cc2)O1.CCCOCCOCCOCCOCCNC(=O)CCC(=O)N1Cc2ccccc2C#Cc2ccccc21.[HH]. The Kier molecular flexibility index (Phi) is 29.4. The third-order valence-electron chi connectivity index (χ3n) is 20.7. The summed E-state index contributed by atoms with van der Waals surface area (Å²) >= 11 is 0. The molecule has 0 spiro atoms. The molecule has 0 bridgehead atoms. The molecular formula is C78H105F2N7O16. The fourth-order valence-electron chi connectivity index (χ4n) is 15.5. The molecule has 562 valence electrons. The van der Waals surface area contributed by atoms with Crippen LogP contribution in [0.2, 0.25) is 0 Å². The summed E-state index contributed by atoms with van der Waals surface area (Å²) in [5, 5.41) is 25.4. The minimum absolute atomic E-state index is 0. The number of primary amides is 1. The van der Waals surface area contributed by atoms with E-state index in [4.69, 9.17) is 34.2 Å². The van der Waals surface area contributed by atoms with Crippen LogP contribution in [0.1, 0.15) is 149 Å². The van der Waals surface area contributed by atoms with Crippen LogP contribution < -0.4 is 37.2 Å². The normalized spacial score (nSPS) is 25.3. The number of aryl methyl sites for hydroxylation is 1. The van der Waals surface area contributed by atoms with Gasteiger partial charge in [-0.1, -0.05) is 101 Å². The largest absolute Gasteiger partial charge is 0.390 e. The van der Waals surface area contributed by atoms with Gasteiger partial charge in [-0.25, -0.2) is 13.6 Å². The van der Waals surface area contributed by atoms with E-state index in [1.165, 1.54) is 26.0 Å².